The van der Waals surface area contributed by atoms with Crippen molar-refractivity contribution in [2.24, 2.45) is 0 Å². The lowest BCUT2D eigenvalue weighted by Crippen LogP contribution is -1.95. The van der Waals surface area contributed by atoms with E-state index in [2.05, 4.69) is 144 Å². The highest BCUT2D eigenvalue weighted by Crippen LogP contribution is 2.57. The summed E-state index contributed by atoms with van der Waals surface area (Å²) in [7, 11) is 0. The van der Waals surface area contributed by atoms with Crippen LogP contribution < -0.4 is 0 Å². The lowest BCUT2D eigenvalue weighted by atomic mass is 9.82. The van der Waals surface area contributed by atoms with E-state index in [4.69, 9.17) is 0 Å². The number of hydrogen-bond donors (Lipinski definition) is 0. The summed E-state index contributed by atoms with van der Waals surface area (Å²) in [6.07, 6.45) is 1.10. The largest absolute Gasteiger partial charge is 0.143 e. The minimum atomic E-state index is 1.10. The fraction of sp³-hybridized carbons (Fsp3) is 0.0417. The van der Waals surface area contributed by atoms with Crippen molar-refractivity contribution < 1.29 is 0 Å². The van der Waals surface area contributed by atoms with Crippen molar-refractivity contribution in [1.82, 2.24) is 0 Å². The normalized spacial score (nSPS) is 13.6. The number of benzene rings is 10. The topological polar surface area (TPSA) is 0 Å². The number of thiophene rings is 2. The zero-order chi connectivity index (χ0) is 32.9. The van der Waals surface area contributed by atoms with Crippen molar-refractivity contribution in [3.05, 3.63) is 138 Å². The maximum atomic E-state index is 2.46. The predicted molar refractivity (Wildman–Crippen MR) is 229 cm³/mol. The van der Waals surface area contributed by atoms with Crippen LogP contribution in [-0.2, 0) is 6.42 Å². The van der Waals surface area contributed by atoms with Crippen molar-refractivity contribution in [1.29, 1.82) is 0 Å². The Labute approximate surface area is 304 Å². The molecule has 13 rings (SSSR count). The predicted octanol–water partition coefficient (Wildman–Crippen LogP) is 15.1. The van der Waals surface area contributed by atoms with Gasteiger partial charge >= 0.3 is 0 Å². The molecule has 0 unspecified atom stereocenters. The Morgan fingerprint density at radius 3 is 1.31 bits per heavy atom. The molecule has 0 saturated heterocycles. The summed E-state index contributed by atoms with van der Waals surface area (Å²) in [6.45, 7) is 0. The van der Waals surface area contributed by atoms with Crippen LogP contribution in [0.2, 0.25) is 0 Å². The van der Waals surface area contributed by atoms with E-state index in [0.29, 0.717) is 0 Å². The van der Waals surface area contributed by atoms with Crippen LogP contribution in [0, 0.1) is 0 Å². The molecule has 2 aromatic heterocycles. The van der Waals surface area contributed by atoms with Crippen molar-refractivity contribution in [2.75, 3.05) is 5.75 Å². The van der Waals surface area contributed by atoms with Gasteiger partial charge in [-0.25, -0.2) is 0 Å². The van der Waals surface area contributed by atoms with Crippen LogP contribution in [-0.4, -0.2) is 5.75 Å². The van der Waals surface area contributed by atoms with Crippen molar-refractivity contribution in [3.8, 4) is 0 Å². The minimum absolute atomic E-state index is 1.10. The molecule has 0 atom stereocenters. The molecule has 0 nitrogen and oxygen atoms in total. The van der Waals surface area contributed by atoms with E-state index >= 15 is 0 Å². The highest BCUT2D eigenvalue weighted by molar-refractivity contribution is 7.99. The summed E-state index contributed by atoms with van der Waals surface area (Å²) < 4.78 is 2.81. The number of aryl methyl sites for hydroxylation is 1. The van der Waals surface area contributed by atoms with Crippen molar-refractivity contribution in [3.63, 3.8) is 0 Å². The quantitative estimate of drug-likeness (QED) is 0.142. The maximum Gasteiger partial charge on any atom is 0.0434 e. The molecule has 1 aliphatic rings. The van der Waals surface area contributed by atoms with Gasteiger partial charge in [-0.05, 0) is 99.5 Å². The molecule has 0 fully saturated rings. The third kappa shape index (κ3) is 3.34. The molecule has 3 heteroatoms. The average molecular weight is 699 g/mol. The standard InChI is InChI=1S/C48H26S3/c1-4-10-28-25(7-1)13-16-31-37(28)34-19-22-49-46(34)43-40(31)44-42(33-18-15-27-9-3-6-12-30(27)39(33)35-20-23-50-47(35)44)45-41(43)32-17-14-26-8-2-5-11-29(26)38(32)36-21-24-51-48(36)45/h1-20,22-23H,21,24H2. The lowest BCUT2D eigenvalue weighted by molar-refractivity contribution is 1.19. The van der Waals surface area contributed by atoms with Gasteiger partial charge in [0.25, 0.3) is 0 Å². The molecule has 0 bridgehead atoms. The van der Waals surface area contributed by atoms with Gasteiger partial charge < -0.3 is 0 Å². The summed E-state index contributed by atoms with van der Waals surface area (Å²) in [6, 6.07) is 46.2. The average Bonchev–Trinajstić information content (AvgIpc) is 3.98. The van der Waals surface area contributed by atoms with Crippen LogP contribution in [0.5, 0.6) is 0 Å². The smallest absolute Gasteiger partial charge is 0.0434 e. The van der Waals surface area contributed by atoms with Gasteiger partial charge in [0, 0.05) is 63.1 Å². The van der Waals surface area contributed by atoms with E-state index in [-0.39, 0.29) is 0 Å². The molecule has 1 aliphatic heterocycles. The fourth-order valence-corrected chi connectivity index (χ4v) is 13.1. The first kappa shape index (κ1) is 27.5. The van der Waals surface area contributed by atoms with E-state index in [1.165, 1.54) is 128 Å². The summed E-state index contributed by atoms with van der Waals surface area (Å²) in [5.41, 5.74) is 1.54. The summed E-state index contributed by atoms with van der Waals surface area (Å²) in [4.78, 5) is 1.49. The minimum Gasteiger partial charge on any atom is -0.143 e. The third-order valence-electron chi connectivity index (χ3n) is 11.8. The lowest BCUT2D eigenvalue weighted by Gasteiger charge is -2.22. The molecule has 0 aliphatic carbocycles. The molecule has 0 saturated carbocycles. The zero-order valence-corrected chi connectivity index (χ0v) is 29.8. The first-order valence-corrected chi connectivity index (χ1v) is 20.4. The van der Waals surface area contributed by atoms with Crippen molar-refractivity contribution >= 4 is 152 Å². The second-order valence-corrected chi connectivity index (χ2v) is 17.0. The Balaban J connectivity index is 1.47. The van der Waals surface area contributed by atoms with Crippen molar-refractivity contribution in [2.45, 2.75) is 11.3 Å². The second-order valence-electron chi connectivity index (χ2n) is 14.1. The highest BCUT2D eigenvalue weighted by Gasteiger charge is 2.29. The first-order chi connectivity index (χ1) is 25.3. The van der Waals surface area contributed by atoms with Crippen LogP contribution >= 0.6 is 34.4 Å². The monoisotopic (exact) mass is 698 g/mol. The summed E-state index contributed by atoms with van der Waals surface area (Å²) in [5.74, 6) is 1.12. The zero-order valence-electron chi connectivity index (χ0n) is 27.3. The first-order valence-electron chi connectivity index (χ1n) is 17.7. The SMILES string of the molecule is c1ccc2c(c1)ccc1c2c2c(c3c1c1c4sccc4c4c5ccccc5ccc4c1c1c4sccc4c4c5ccccc5ccc4c31)SCC2. The molecule has 12 aromatic rings. The number of thioether (sulfide) groups is 1. The molecular weight excluding hydrogens is 673 g/mol. The Morgan fingerprint density at radius 1 is 0.333 bits per heavy atom. The maximum absolute atomic E-state index is 2.46. The fourth-order valence-electron chi connectivity index (χ4n) is 9.90. The van der Waals surface area contributed by atoms with Gasteiger partial charge in [0.05, 0.1) is 0 Å². The van der Waals surface area contributed by atoms with Gasteiger partial charge in [-0.3, -0.25) is 0 Å². The Kier molecular flexibility index (Phi) is 5.27. The van der Waals surface area contributed by atoms with Gasteiger partial charge in [-0.2, -0.15) is 0 Å². The highest BCUT2D eigenvalue weighted by atomic mass is 32.2. The van der Waals surface area contributed by atoms with Gasteiger partial charge in [0.15, 0.2) is 0 Å². The number of fused-ring (bicyclic) bond motifs is 27. The molecule has 0 N–H and O–H groups in total. The summed E-state index contributed by atoms with van der Waals surface area (Å²) in [5, 5.41) is 32.3. The van der Waals surface area contributed by atoms with Gasteiger partial charge in [-0.1, -0.05) is 109 Å². The third-order valence-corrected chi connectivity index (χ3v) is 14.8. The van der Waals surface area contributed by atoms with E-state index in [9.17, 15) is 0 Å². The Hall–Kier alpha value is -5.19. The van der Waals surface area contributed by atoms with Gasteiger partial charge in [-0.15, -0.1) is 34.4 Å². The van der Waals surface area contributed by atoms with E-state index in [1.807, 2.05) is 22.7 Å². The Morgan fingerprint density at radius 2 is 0.784 bits per heavy atom. The molecule has 0 radical (unpaired) electrons. The van der Waals surface area contributed by atoms with Gasteiger partial charge in [0.1, 0.15) is 0 Å². The molecule has 51 heavy (non-hydrogen) atoms. The van der Waals surface area contributed by atoms with Gasteiger partial charge in [0.2, 0.25) is 0 Å². The van der Waals surface area contributed by atoms with Crippen LogP contribution in [0.15, 0.2) is 137 Å². The number of rotatable bonds is 0. The Bertz CT molecular complexity index is 3500. The number of hydrogen-bond acceptors (Lipinski definition) is 3. The molecule has 10 aromatic carbocycles. The van der Waals surface area contributed by atoms with Crippen LogP contribution in [0.25, 0.3) is 117 Å². The van der Waals surface area contributed by atoms with Crippen LogP contribution in [0.1, 0.15) is 5.56 Å². The second kappa shape index (κ2) is 9.77. The molecular formula is C48H26S3. The van der Waals surface area contributed by atoms with E-state index < -0.39 is 0 Å². The van der Waals surface area contributed by atoms with E-state index in [1.54, 1.807) is 0 Å². The van der Waals surface area contributed by atoms with Crippen LogP contribution in [0.4, 0.5) is 0 Å². The van der Waals surface area contributed by atoms with E-state index in [0.717, 1.165) is 12.2 Å². The molecule has 236 valence electrons. The molecule has 0 spiro atoms. The molecule has 0 amide bonds. The summed E-state index contributed by atoms with van der Waals surface area (Å²) >= 11 is 5.92. The molecule has 3 heterocycles. The van der Waals surface area contributed by atoms with Crippen LogP contribution in [0.3, 0.4) is 0 Å².